The van der Waals surface area contributed by atoms with Crippen molar-refractivity contribution in [2.45, 2.75) is 31.2 Å². The third-order valence-corrected chi connectivity index (χ3v) is 3.98. The molecular weight excluding hydrogens is 250 g/mol. The minimum Gasteiger partial charge on any atom is -0.328 e. The van der Waals surface area contributed by atoms with Crippen LogP contribution in [0.5, 0.6) is 0 Å². The Balaban J connectivity index is 2.86. The summed E-state index contributed by atoms with van der Waals surface area (Å²) in [5.74, 6) is 0. The van der Waals surface area contributed by atoms with Gasteiger partial charge < -0.3 is 5.73 Å². The lowest BCUT2D eigenvalue weighted by Gasteiger charge is -2.09. The van der Waals surface area contributed by atoms with Crippen LogP contribution >= 0.6 is 0 Å². The molecule has 1 unspecified atom stereocenters. The summed E-state index contributed by atoms with van der Waals surface area (Å²) in [7, 11) is -3.52. The smallest absolute Gasteiger partial charge is 0.240 e. The number of sulfonamides is 1. The van der Waals surface area contributed by atoms with Crippen LogP contribution in [0.15, 0.2) is 23.1 Å². The van der Waals surface area contributed by atoms with Crippen molar-refractivity contribution in [1.29, 1.82) is 5.26 Å². The average Bonchev–Trinajstić information content (AvgIpc) is 2.28. The highest BCUT2D eigenvalue weighted by molar-refractivity contribution is 7.89. The molecule has 3 N–H and O–H groups in total. The van der Waals surface area contributed by atoms with E-state index in [1.165, 1.54) is 18.2 Å². The summed E-state index contributed by atoms with van der Waals surface area (Å²) in [4.78, 5) is 0.170. The monoisotopic (exact) mass is 267 g/mol. The zero-order valence-corrected chi connectivity index (χ0v) is 11.3. The van der Waals surface area contributed by atoms with Crippen molar-refractivity contribution in [3.8, 4) is 6.07 Å². The van der Waals surface area contributed by atoms with Crippen LogP contribution in [0.3, 0.4) is 0 Å². The van der Waals surface area contributed by atoms with Crippen molar-refractivity contribution in [1.82, 2.24) is 4.72 Å². The molecule has 1 atom stereocenters. The van der Waals surface area contributed by atoms with Gasteiger partial charge in [-0.05, 0) is 44.0 Å². The maximum Gasteiger partial charge on any atom is 0.240 e. The molecule has 98 valence electrons. The molecule has 5 nitrogen and oxygen atoms in total. The molecule has 1 rings (SSSR count). The van der Waals surface area contributed by atoms with E-state index in [0.29, 0.717) is 24.1 Å². The topological polar surface area (TPSA) is 96.0 Å². The van der Waals surface area contributed by atoms with Gasteiger partial charge in [-0.1, -0.05) is 0 Å². The first-order valence-corrected chi connectivity index (χ1v) is 7.11. The minimum atomic E-state index is -3.52. The maximum atomic E-state index is 11.9. The van der Waals surface area contributed by atoms with Gasteiger partial charge >= 0.3 is 0 Å². The zero-order chi connectivity index (χ0) is 13.8. The third kappa shape index (κ3) is 3.81. The van der Waals surface area contributed by atoms with Crippen molar-refractivity contribution < 1.29 is 8.42 Å². The molecule has 0 aliphatic carbocycles. The molecule has 0 heterocycles. The predicted molar refractivity (Wildman–Crippen MR) is 69.3 cm³/mol. The molecule has 0 fully saturated rings. The normalized spacial score (nSPS) is 13.0. The SMILES string of the molecule is Cc1cc(S(=O)(=O)NCCC(C)N)ccc1C#N. The van der Waals surface area contributed by atoms with E-state index in [1.807, 2.05) is 13.0 Å². The Hall–Kier alpha value is -1.42. The first-order valence-electron chi connectivity index (χ1n) is 5.63. The van der Waals surface area contributed by atoms with Crippen LogP contribution in [0.1, 0.15) is 24.5 Å². The van der Waals surface area contributed by atoms with Gasteiger partial charge in [-0.15, -0.1) is 0 Å². The van der Waals surface area contributed by atoms with Gasteiger partial charge in [0.05, 0.1) is 16.5 Å². The van der Waals surface area contributed by atoms with Gasteiger partial charge in [-0.3, -0.25) is 0 Å². The number of nitrogens with two attached hydrogens (primary N) is 1. The second-order valence-electron chi connectivity index (χ2n) is 4.25. The lowest BCUT2D eigenvalue weighted by molar-refractivity contribution is 0.571. The van der Waals surface area contributed by atoms with Gasteiger partial charge in [0.25, 0.3) is 0 Å². The number of aryl methyl sites for hydroxylation is 1. The summed E-state index contributed by atoms with van der Waals surface area (Å²) in [5.41, 5.74) is 6.67. The number of nitriles is 1. The van der Waals surface area contributed by atoms with E-state index in [2.05, 4.69) is 4.72 Å². The Kier molecular flexibility index (Phi) is 4.84. The van der Waals surface area contributed by atoms with E-state index in [4.69, 9.17) is 11.0 Å². The Morgan fingerprint density at radius 3 is 2.67 bits per heavy atom. The van der Waals surface area contributed by atoms with E-state index in [-0.39, 0.29) is 10.9 Å². The van der Waals surface area contributed by atoms with Crippen LogP contribution in [0.2, 0.25) is 0 Å². The molecule has 0 aliphatic heterocycles. The molecule has 0 bridgehead atoms. The Bertz CT molecular complexity index is 559. The fraction of sp³-hybridized carbons (Fsp3) is 0.417. The van der Waals surface area contributed by atoms with Gasteiger partial charge in [0.2, 0.25) is 10.0 Å². The molecule has 1 aromatic carbocycles. The Morgan fingerprint density at radius 2 is 2.17 bits per heavy atom. The molecule has 0 amide bonds. The first kappa shape index (κ1) is 14.6. The summed E-state index contributed by atoms with van der Waals surface area (Å²) in [6.07, 6.45) is 0.578. The number of rotatable bonds is 5. The molecule has 0 radical (unpaired) electrons. The first-order chi connectivity index (χ1) is 8.36. The number of hydrogen-bond donors (Lipinski definition) is 2. The summed E-state index contributed by atoms with van der Waals surface area (Å²) in [6, 6.07) is 6.39. The van der Waals surface area contributed by atoms with Gasteiger partial charge in [0, 0.05) is 12.6 Å². The summed E-state index contributed by atoms with van der Waals surface area (Å²) < 4.78 is 26.3. The summed E-state index contributed by atoms with van der Waals surface area (Å²) in [6.45, 7) is 3.83. The predicted octanol–water partition coefficient (Wildman–Crippen LogP) is 0.882. The van der Waals surface area contributed by atoms with E-state index < -0.39 is 10.0 Å². The van der Waals surface area contributed by atoms with Gasteiger partial charge in [-0.2, -0.15) is 5.26 Å². The Labute approximate surface area is 108 Å². The van der Waals surface area contributed by atoms with Gasteiger partial charge in [-0.25, -0.2) is 13.1 Å². The van der Waals surface area contributed by atoms with Gasteiger partial charge in [0.1, 0.15) is 0 Å². The van der Waals surface area contributed by atoms with E-state index in [0.717, 1.165) is 0 Å². The van der Waals surface area contributed by atoms with Crippen molar-refractivity contribution >= 4 is 10.0 Å². The van der Waals surface area contributed by atoms with E-state index >= 15 is 0 Å². The lowest BCUT2D eigenvalue weighted by Crippen LogP contribution is -2.29. The summed E-state index contributed by atoms with van der Waals surface area (Å²) in [5, 5.41) is 8.79. The third-order valence-electron chi connectivity index (χ3n) is 2.52. The average molecular weight is 267 g/mol. The highest BCUT2D eigenvalue weighted by Crippen LogP contribution is 2.14. The number of benzene rings is 1. The van der Waals surface area contributed by atoms with Crippen LogP contribution in [-0.4, -0.2) is 21.0 Å². The molecule has 0 aromatic heterocycles. The molecule has 18 heavy (non-hydrogen) atoms. The molecule has 6 heteroatoms. The Morgan fingerprint density at radius 1 is 1.50 bits per heavy atom. The van der Waals surface area contributed by atoms with Crippen molar-refractivity contribution in [2.75, 3.05) is 6.54 Å². The van der Waals surface area contributed by atoms with Crippen molar-refractivity contribution in [2.24, 2.45) is 5.73 Å². The fourth-order valence-electron chi connectivity index (χ4n) is 1.43. The molecule has 0 aliphatic rings. The van der Waals surface area contributed by atoms with Crippen LogP contribution in [-0.2, 0) is 10.0 Å². The quantitative estimate of drug-likeness (QED) is 0.827. The van der Waals surface area contributed by atoms with Gasteiger partial charge in [0.15, 0.2) is 0 Å². The van der Waals surface area contributed by atoms with Crippen LogP contribution in [0.25, 0.3) is 0 Å². The number of nitrogens with zero attached hydrogens (tertiary/aromatic N) is 1. The zero-order valence-electron chi connectivity index (χ0n) is 10.5. The maximum absolute atomic E-state index is 11.9. The standard InChI is InChI=1S/C12H17N3O2S/c1-9-7-12(4-3-11(9)8-13)18(16,17)15-6-5-10(2)14/h3-4,7,10,15H,5-6,14H2,1-2H3. The highest BCUT2D eigenvalue weighted by Gasteiger charge is 2.14. The van der Waals surface area contributed by atoms with Crippen LogP contribution < -0.4 is 10.5 Å². The highest BCUT2D eigenvalue weighted by atomic mass is 32.2. The molecule has 0 saturated carbocycles. The molecular formula is C12H17N3O2S. The number of nitrogens with one attached hydrogen (secondary N) is 1. The summed E-state index contributed by atoms with van der Waals surface area (Å²) >= 11 is 0. The fourth-order valence-corrected chi connectivity index (χ4v) is 2.57. The van der Waals surface area contributed by atoms with Crippen LogP contribution in [0.4, 0.5) is 0 Å². The second kappa shape index (κ2) is 5.96. The molecule has 1 aromatic rings. The largest absolute Gasteiger partial charge is 0.328 e. The van der Waals surface area contributed by atoms with Crippen molar-refractivity contribution in [3.63, 3.8) is 0 Å². The lowest BCUT2D eigenvalue weighted by atomic mass is 10.1. The van der Waals surface area contributed by atoms with Crippen LogP contribution in [0, 0.1) is 18.3 Å². The molecule has 0 saturated heterocycles. The van der Waals surface area contributed by atoms with E-state index in [1.54, 1.807) is 6.92 Å². The van der Waals surface area contributed by atoms with E-state index in [9.17, 15) is 8.42 Å². The molecule has 0 spiro atoms. The number of hydrogen-bond acceptors (Lipinski definition) is 4. The second-order valence-corrected chi connectivity index (χ2v) is 6.02. The minimum absolute atomic E-state index is 0.0459. The van der Waals surface area contributed by atoms with Crippen molar-refractivity contribution in [3.05, 3.63) is 29.3 Å².